The van der Waals surface area contributed by atoms with E-state index in [1.807, 2.05) is 0 Å². The number of rotatable bonds is 3. The highest BCUT2D eigenvalue weighted by atomic mass is 32.2. The van der Waals surface area contributed by atoms with Crippen LogP contribution >= 0.6 is 11.8 Å². The first kappa shape index (κ1) is 18.2. The molecule has 8 heteroatoms. The third kappa shape index (κ3) is 3.80. The summed E-state index contributed by atoms with van der Waals surface area (Å²) in [4.78, 5) is 25.3. The Morgan fingerprint density at radius 3 is 2.46 bits per heavy atom. The molecule has 2 aromatic rings. The largest absolute Gasteiger partial charge is 0.416 e. The van der Waals surface area contributed by atoms with Gasteiger partial charge < -0.3 is 0 Å². The lowest BCUT2D eigenvalue weighted by molar-refractivity contribution is -0.137. The van der Waals surface area contributed by atoms with Crippen molar-refractivity contribution in [3.63, 3.8) is 0 Å². The van der Waals surface area contributed by atoms with Crippen molar-refractivity contribution in [3.8, 4) is 0 Å². The molecule has 3 rings (SSSR count). The lowest BCUT2D eigenvalue weighted by atomic mass is 10.1. The topological polar surface area (TPSA) is 37.4 Å². The van der Waals surface area contributed by atoms with Crippen LogP contribution in [-0.2, 0) is 17.5 Å². The van der Waals surface area contributed by atoms with Gasteiger partial charge in [-0.1, -0.05) is 30.3 Å². The molecule has 0 bridgehead atoms. The van der Waals surface area contributed by atoms with Gasteiger partial charge in [-0.25, -0.2) is 4.39 Å². The number of nitrogens with zero attached hydrogens (tertiary/aromatic N) is 1. The van der Waals surface area contributed by atoms with Gasteiger partial charge in [-0.3, -0.25) is 14.5 Å². The standard InChI is InChI=1S/C18H11F4NO2S/c19-14-7-2-1-5-12(14)10-23-16(24)15(26-17(23)25)9-11-4-3-6-13(8-11)18(20,21)22/h1-9H,10H2/b15-9-. The second-order valence-electron chi connectivity index (χ2n) is 5.48. The van der Waals surface area contributed by atoms with Crippen molar-refractivity contribution < 1.29 is 27.2 Å². The Morgan fingerprint density at radius 1 is 1.04 bits per heavy atom. The maximum Gasteiger partial charge on any atom is 0.416 e. The second kappa shape index (κ2) is 6.95. The summed E-state index contributed by atoms with van der Waals surface area (Å²) in [6.07, 6.45) is -3.28. The third-order valence-corrected chi connectivity index (χ3v) is 4.58. The average molecular weight is 381 g/mol. The Balaban J connectivity index is 1.85. The molecule has 0 N–H and O–H groups in total. The fraction of sp³-hybridized carbons (Fsp3) is 0.111. The van der Waals surface area contributed by atoms with E-state index in [9.17, 15) is 27.2 Å². The molecule has 1 aliphatic rings. The highest BCUT2D eigenvalue weighted by molar-refractivity contribution is 8.18. The van der Waals surface area contributed by atoms with E-state index in [1.165, 1.54) is 36.4 Å². The zero-order valence-corrected chi connectivity index (χ0v) is 13.9. The molecule has 2 amide bonds. The molecule has 26 heavy (non-hydrogen) atoms. The summed E-state index contributed by atoms with van der Waals surface area (Å²) < 4.78 is 52.0. The Kier molecular flexibility index (Phi) is 4.86. The van der Waals surface area contributed by atoms with Crippen LogP contribution < -0.4 is 0 Å². The van der Waals surface area contributed by atoms with Crippen LogP contribution in [0.4, 0.5) is 22.4 Å². The van der Waals surface area contributed by atoms with Crippen molar-refractivity contribution in [3.05, 3.63) is 75.9 Å². The molecule has 1 aliphatic heterocycles. The predicted octanol–water partition coefficient (Wildman–Crippen LogP) is 5.08. The van der Waals surface area contributed by atoms with E-state index in [2.05, 4.69) is 0 Å². The SMILES string of the molecule is O=C1S/C(=C\c2cccc(C(F)(F)F)c2)C(=O)N1Cc1ccccc1F. The number of hydrogen-bond acceptors (Lipinski definition) is 3. The zero-order chi connectivity index (χ0) is 18.9. The van der Waals surface area contributed by atoms with Crippen LogP contribution in [-0.4, -0.2) is 16.0 Å². The molecule has 2 aromatic carbocycles. The monoisotopic (exact) mass is 381 g/mol. The maximum absolute atomic E-state index is 13.7. The van der Waals surface area contributed by atoms with Crippen LogP contribution in [0.15, 0.2) is 53.4 Å². The van der Waals surface area contributed by atoms with E-state index in [-0.39, 0.29) is 22.6 Å². The van der Waals surface area contributed by atoms with E-state index < -0.39 is 28.7 Å². The number of benzene rings is 2. The number of amides is 2. The van der Waals surface area contributed by atoms with Gasteiger partial charge in [0.1, 0.15) is 5.82 Å². The molecule has 1 saturated heterocycles. The molecule has 0 spiro atoms. The predicted molar refractivity (Wildman–Crippen MR) is 89.4 cm³/mol. The van der Waals surface area contributed by atoms with Crippen LogP contribution in [0.25, 0.3) is 6.08 Å². The highest BCUT2D eigenvalue weighted by Crippen LogP contribution is 2.35. The van der Waals surface area contributed by atoms with Crippen LogP contribution in [0, 0.1) is 5.82 Å². The second-order valence-corrected chi connectivity index (χ2v) is 6.48. The molecule has 3 nitrogen and oxygen atoms in total. The minimum atomic E-state index is -4.51. The first-order valence-electron chi connectivity index (χ1n) is 7.42. The van der Waals surface area contributed by atoms with Crippen molar-refractivity contribution in [2.45, 2.75) is 12.7 Å². The minimum absolute atomic E-state index is 0.00864. The molecule has 1 heterocycles. The van der Waals surface area contributed by atoms with Crippen molar-refractivity contribution >= 4 is 29.0 Å². The number of carbonyl (C=O) groups is 2. The molecule has 0 aliphatic carbocycles. The Labute approximate surface area is 150 Å². The van der Waals surface area contributed by atoms with Gasteiger partial charge in [-0.05, 0) is 41.6 Å². The van der Waals surface area contributed by atoms with Gasteiger partial charge in [0.15, 0.2) is 0 Å². The lowest BCUT2D eigenvalue weighted by Gasteiger charge is -2.12. The lowest BCUT2D eigenvalue weighted by Crippen LogP contribution is -2.27. The number of imide groups is 1. The first-order chi connectivity index (χ1) is 12.3. The quantitative estimate of drug-likeness (QED) is 0.550. The van der Waals surface area contributed by atoms with Gasteiger partial charge in [0.25, 0.3) is 11.1 Å². The smallest absolute Gasteiger partial charge is 0.268 e. The summed E-state index contributed by atoms with van der Waals surface area (Å²) in [6, 6.07) is 10.2. The van der Waals surface area contributed by atoms with Crippen molar-refractivity contribution in [2.75, 3.05) is 0 Å². The van der Waals surface area contributed by atoms with Gasteiger partial charge in [-0.15, -0.1) is 0 Å². The van der Waals surface area contributed by atoms with Crippen LogP contribution in [0.5, 0.6) is 0 Å². The van der Waals surface area contributed by atoms with Crippen LogP contribution in [0.1, 0.15) is 16.7 Å². The van der Waals surface area contributed by atoms with E-state index in [0.29, 0.717) is 11.8 Å². The Morgan fingerprint density at radius 2 is 1.77 bits per heavy atom. The van der Waals surface area contributed by atoms with Crippen molar-refractivity contribution in [1.82, 2.24) is 4.90 Å². The molecule has 0 unspecified atom stereocenters. The van der Waals surface area contributed by atoms with Crippen LogP contribution in [0.2, 0.25) is 0 Å². The normalized spacial score (nSPS) is 16.6. The molecular weight excluding hydrogens is 370 g/mol. The highest BCUT2D eigenvalue weighted by Gasteiger charge is 2.36. The van der Waals surface area contributed by atoms with Gasteiger partial charge in [-0.2, -0.15) is 13.2 Å². The summed E-state index contributed by atoms with van der Waals surface area (Å²) in [5, 5.41) is -0.600. The van der Waals surface area contributed by atoms with E-state index in [0.717, 1.165) is 17.0 Å². The molecule has 0 aromatic heterocycles. The molecule has 0 radical (unpaired) electrons. The number of hydrogen-bond donors (Lipinski definition) is 0. The molecule has 1 fully saturated rings. The minimum Gasteiger partial charge on any atom is -0.268 e. The van der Waals surface area contributed by atoms with Gasteiger partial charge in [0.2, 0.25) is 0 Å². The fourth-order valence-electron chi connectivity index (χ4n) is 2.39. The van der Waals surface area contributed by atoms with Crippen molar-refractivity contribution in [1.29, 1.82) is 0 Å². The number of carbonyl (C=O) groups excluding carboxylic acids is 2. The number of thioether (sulfide) groups is 1. The maximum atomic E-state index is 13.7. The van der Waals surface area contributed by atoms with E-state index >= 15 is 0 Å². The van der Waals surface area contributed by atoms with E-state index in [1.54, 1.807) is 6.07 Å². The van der Waals surface area contributed by atoms with E-state index in [4.69, 9.17) is 0 Å². The molecule has 134 valence electrons. The summed E-state index contributed by atoms with van der Waals surface area (Å²) in [7, 11) is 0. The zero-order valence-electron chi connectivity index (χ0n) is 13.1. The first-order valence-corrected chi connectivity index (χ1v) is 8.23. The Hall–Kier alpha value is -2.61. The van der Waals surface area contributed by atoms with Gasteiger partial charge >= 0.3 is 6.18 Å². The summed E-state index contributed by atoms with van der Waals surface area (Å²) in [6.45, 7) is -0.239. The van der Waals surface area contributed by atoms with Gasteiger partial charge in [0.05, 0.1) is 17.0 Å². The molecule has 0 saturated carbocycles. The number of halogens is 4. The summed E-state index contributed by atoms with van der Waals surface area (Å²) in [5.74, 6) is -1.21. The fourth-order valence-corrected chi connectivity index (χ4v) is 3.23. The molecular formula is C18H11F4NO2S. The number of alkyl halides is 3. The van der Waals surface area contributed by atoms with Crippen LogP contribution in [0.3, 0.4) is 0 Å². The summed E-state index contributed by atoms with van der Waals surface area (Å²) in [5.41, 5.74) is -0.525. The third-order valence-electron chi connectivity index (χ3n) is 3.67. The average Bonchev–Trinajstić information content (AvgIpc) is 2.84. The summed E-state index contributed by atoms with van der Waals surface area (Å²) >= 11 is 0.610. The molecule has 0 atom stereocenters. The van der Waals surface area contributed by atoms with Gasteiger partial charge in [0, 0.05) is 5.56 Å². The van der Waals surface area contributed by atoms with Crippen molar-refractivity contribution in [2.24, 2.45) is 0 Å². The Bertz CT molecular complexity index is 908.